The summed E-state index contributed by atoms with van der Waals surface area (Å²) in [5.41, 5.74) is 3.87. The molecule has 0 saturated carbocycles. The summed E-state index contributed by atoms with van der Waals surface area (Å²) in [6.45, 7) is 11.5. The lowest BCUT2D eigenvalue weighted by molar-refractivity contribution is 0.614. The lowest BCUT2D eigenvalue weighted by atomic mass is 10.0. The third-order valence-corrected chi connectivity index (χ3v) is 3.27. The summed E-state index contributed by atoms with van der Waals surface area (Å²) in [5, 5.41) is 0. The first-order chi connectivity index (χ1) is 11.1. The van der Waals surface area contributed by atoms with Gasteiger partial charge in [-0.2, -0.15) is 0 Å². The van der Waals surface area contributed by atoms with Crippen LogP contribution in [0.1, 0.15) is 30.9 Å². The van der Waals surface area contributed by atoms with Crippen molar-refractivity contribution in [2.24, 2.45) is 0 Å². The smallest absolute Gasteiger partial charge is 0.105 e. The molecular weight excluding hydrogens is 283 g/mol. The SMILES string of the molecule is C=C/C=C(\C=C/CC)C/C(F)=C\C(=C/C=C)c1ccc(C)cc1. The molecule has 0 radical (unpaired) electrons. The number of benzene rings is 1. The fourth-order valence-corrected chi connectivity index (χ4v) is 2.11. The Morgan fingerprint density at radius 2 is 1.74 bits per heavy atom. The number of rotatable bonds is 8. The zero-order valence-corrected chi connectivity index (χ0v) is 14.1. The van der Waals surface area contributed by atoms with E-state index in [1.54, 1.807) is 18.2 Å². The minimum absolute atomic E-state index is 0.187. The average molecular weight is 308 g/mol. The Morgan fingerprint density at radius 3 is 2.30 bits per heavy atom. The van der Waals surface area contributed by atoms with Crippen LogP contribution in [0, 0.1) is 6.92 Å². The Morgan fingerprint density at radius 1 is 1.09 bits per heavy atom. The lowest BCUT2D eigenvalue weighted by Gasteiger charge is -2.05. The molecule has 0 aliphatic carbocycles. The van der Waals surface area contributed by atoms with E-state index in [1.807, 2.05) is 55.5 Å². The predicted molar refractivity (Wildman–Crippen MR) is 101 cm³/mol. The van der Waals surface area contributed by atoms with E-state index in [1.165, 1.54) is 5.56 Å². The van der Waals surface area contributed by atoms with Crippen LogP contribution in [0.15, 0.2) is 91.4 Å². The summed E-state index contributed by atoms with van der Waals surface area (Å²) in [6, 6.07) is 8.02. The zero-order valence-electron chi connectivity index (χ0n) is 14.1. The first kappa shape index (κ1) is 18.6. The highest BCUT2D eigenvalue weighted by Crippen LogP contribution is 2.22. The number of halogens is 1. The van der Waals surface area contributed by atoms with Crippen molar-refractivity contribution in [1.82, 2.24) is 0 Å². The number of aryl methyl sites for hydroxylation is 1. The standard InChI is InChI=1S/C22H25F/c1-5-8-11-19(9-6-2)16-22(23)17-21(10-7-3)20-14-12-18(4)13-15-20/h6-15,17H,2-3,5,16H2,1,4H3/b11-8-,19-9+,21-10+,22-17+. The Kier molecular flexibility index (Phi) is 8.38. The fraction of sp³-hybridized carbons (Fsp3) is 0.182. The van der Waals surface area contributed by atoms with E-state index in [4.69, 9.17) is 0 Å². The Balaban J connectivity index is 3.03. The maximum Gasteiger partial charge on any atom is 0.105 e. The molecular formula is C22H25F. The summed E-state index contributed by atoms with van der Waals surface area (Å²) in [4.78, 5) is 0. The predicted octanol–water partition coefficient (Wildman–Crippen LogP) is 6.89. The van der Waals surface area contributed by atoms with Gasteiger partial charge in [-0.05, 0) is 36.1 Å². The highest BCUT2D eigenvalue weighted by atomic mass is 19.1. The van der Waals surface area contributed by atoms with Crippen LogP contribution in [0.3, 0.4) is 0 Å². The summed E-state index contributed by atoms with van der Waals surface area (Å²) < 4.78 is 14.4. The number of allylic oxidation sites excluding steroid dienone is 10. The first-order valence-corrected chi connectivity index (χ1v) is 7.84. The largest absolute Gasteiger partial charge is 0.211 e. The lowest BCUT2D eigenvalue weighted by Crippen LogP contribution is -1.86. The van der Waals surface area contributed by atoms with Crippen LogP contribution in [-0.4, -0.2) is 0 Å². The van der Waals surface area contributed by atoms with Crippen LogP contribution in [0.4, 0.5) is 4.39 Å². The minimum Gasteiger partial charge on any atom is -0.211 e. The van der Waals surface area contributed by atoms with E-state index in [0.717, 1.165) is 23.1 Å². The second kappa shape index (κ2) is 10.3. The molecule has 0 bridgehead atoms. The zero-order chi connectivity index (χ0) is 17.1. The molecule has 0 fully saturated rings. The van der Waals surface area contributed by atoms with Gasteiger partial charge >= 0.3 is 0 Å². The highest BCUT2D eigenvalue weighted by Gasteiger charge is 2.03. The molecule has 1 aromatic rings. The van der Waals surface area contributed by atoms with Crippen molar-refractivity contribution in [3.8, 4) is 0 Å². The quantitative estimate of drug-likeness (QED) is 0.459. The van der Waals surface area contributed by atoms with Crippen LogP contribution in [0.2, 0.25) is 0 Å². The molecule has 1 aromatic carbocycles. The summed E-state index contributed by atoms with van der Waals surface area (Å²) in [5.74, 6) is -0.187. The van der Waals surface area contributed by atoms with E-state index >= 15 is 0 Å². The van der Waals surface area contributed by atoms with E-state index in [9.17, 15) is 4.39 Å². The second-order valence-corrected chi connectivity index (χ2v) is 5.28. The molecule has 0 spiro atoms. The molecule has 0 amide bonds. The van der Waals surface area contributed by atoms with Crippen LogP contribution in [0.25, 0.3) is 5.57 Å². The fourth-order valence-electron chi connectivity index (χ4n) is 2.11. The normalized spacial score (nSPS) is 13.4. The summed E-state index contributed by atoms with van der Waals surface area (Å²) in [7, 11) is 0. The topological polar surface area (TPSA) is 0 Å². The molecule has 1 heteroatoms. The maximum atomic E-state index is 14.4. The van der Waals surface area contributed by atoms with E-state index in [-0.39, 0.29) is 12.2 Å². The molecule has 0 atom stereocenters. The van der Waals surface area contributed by atoms with Crippen molar-refractivity contribution < 1.29 is 4.39 Å². The van der Waals surface area contributed by atoms with Crippen LogP contribution < -0.4 is 0 Å². The van der Waals surface area contributed by atoms with Gasteiger partial charge in [-0.3, -0.25) is 0 Å². The van der Waals surface area contributed by atoms with Crippen molar-refractivity contribution in [2.45, 2.75) is 26.7 Å². The molecule has 0 aromatic heterocycles. The van der Waals surface area contributed by atoms with E-state index in [2.05, 4.69) is 20.1 Å². The van der Waals surface area contributed by atoms with Crippen molar-refractivity contribution in [3.63, 3.8) is 0 Å². The third-order valence-electron chi connectivity index (χ3n) is 3.27. The first-order valence-electron chi connectivity index (χ1n) is 7.84. The molecule has 0 aliphatic heterocycles. The molecule has 0 nitrogen and oxygen atoms in total. The molecule has 23 heavy (non-hydrogen) atoms. The number of hydrogen-bond acceptors (Lipinski definition) is 0. The van der Waals surface area contributed by atoms with Crippen molar-refractivity contribution >= 4 is 5.57 Å². The van der Waals surface area contributed by atoms with Gasteiger partial charge in [-0.1, -0.05) is 86.4 Å². The maximum absolute atomic E-state index is 14.4. The third kappa shape index (κ3) is 6.92. The Labute approximate surface area is 139 Å². The molecule has 1 rings (SSSR count). The highest BCUT2D eigenvalue weighted by molar-refractivity contribution is 5.75. The van der Waals surface area contributed by atoms with Gasteiger partial charge in [0, 0.05) is 6.42 Å². The number of hydrogen-bond donors (Lipinski definition) is 0. The molecule has 0 aliphatic rings. The van der Waals surface area contributed by atoms with Gasteiger partial charge in [0.05, 0.1) is 0 Å². The summed E-state index contributed by atoms with van der Waals surface area (Å²) in [6.07, 6.45) is 13.7. The minimum atomic E-state index is -0.187. The van der Waals surface area contributed by atoms with Crippen molar-refractivity contribution in [1.29, 1.82) is 0 Å². The van der Waals surface area contributed by atoms with Gasteiger partial charge in [0.15, 0.2) is 0 Å². The van der Waals surface area contributed by atoms with Crippen LogP contribution >= 0.6 is 0 Å². The van der Waals surface area contributed by atoms with Crippen molar-refractivity contribution in [2.75, 3.05) is 0 Å². The Bertz CT molecular complexity index is 637. The van der Waals surface area contributed by atoms with Gasteiger partial charge in [-0.15, -0.1) is 0 Å². The molecule has 0 unspecified atom stereocenters. The molecule has 0 saturated heterocycles. The summed E-state index contributed by atoms with van der Waals surface area (Å²) >= 11 is 0. The van der Waals surface area contributed by atoms with Gasteiger partial charge < -0.3 is 0 Å². The molecule has 0 N–H and O–H groups in total. The average Bonchev–Trinajstić information content (AvgIpc) is 2.53. The van der Waals surface area contributed by atoms with Crippen LogP contribution in [-0.2, 0) is 0 Å². The second-order valence-electron chi connectivity index (χ2n) is 5.28. The van der Waals surface area contributed by atoms with Gasteiger partial charge in [0.1, 0.15) is 5.83 Å². The van der Waals surface area contributed by atoms with E-state index in [0.29, 0.717) is 0 Å². The van der Waals surface area contributed by atoms with Crippen molar-refractivity contribution in [3.05, 3.63) is 102 Å². The molecule has 0 heterocycles. The van der Waals surface area contributed by atoms with Gasteiger partial charge in [0.25, 0.3) is 0 Å². The van der Waals surface area contributed by atoms with Gasteiger partial charge in [0.2, 0.25) is 0 Å². The van der Waals surface area contributed by atoms with E-state index < -0.39 is 0 Å². The molecule has 120 valence electrons. The van der Waals surface area contributed by atoms with Crippen LogP contribution in [0.5, 0.6) is 0 Å². The van der Waals surface area contributed by atoms with Gasteiger partial charge in [-0.25, -0.2) is 4.39 Å². The Hall–Kier alpha value is -2.41. The monoisotopic (exact) mass is 308 g/mol.